The first-order valence-corrected chi connectivity index (χ1v) is 13.3. The number of aromatic nitrogens is 2. The van der Waals surface area contributed by atoms with Gasteiger partial charge in [-0.3, -0.25) is 23.7 Å². The molecule has 2 aromatic rings. The van der Waals surface area contributed by atoms with Crippen molar-refractivity contribution in [1.82, 2.24) is 14.6 Å². The molecule has 0 radical (unpaired) electrons. The fourth-order valence-corrected chi connectivity index (χ4v) is 6.29. The number of thioether (sulfide) groups is 1. The maximum atomic E-state index is 13.6. The second kappa shape index (κ2) is 11.5. The molecule has 0 bridgehead atoms. The molecule has 0 aliphatic carbocycles. The number of aliphatic hydroxyl groups excluding tert-OH is 2. The van der Waals surface area contributed by atoms with Crippen molar-refractivity contribution in [3.05, 3.63) is 63.4 Å². The van der Waals surface area contributed by atoms with Crippen LogP contribution in [0.2, 0.25) is 0 Å². The highest BCUT2D eigenvalue weighted by molar-refractivity contribution is 8.00. The van der Waals surface area contributed by atoms with Crippen molar-refractivity contribution in [3.63, 3.8) is 0 Å². The molecule has 14 heteroatoms. The summed E-state index contributed by atoms with van der Waals surface area (Å²) >= 11 is 1.00. The quantitative estimate of drug-likeness (QED) is 0.256. The summed E-state index contributed by atoms with van der Waals surface area (Å²) < 4.78 is 30.9. The van der Waals surface area contributed by atoms with Crippen LogP contribution in [0.4, 0.5) is 0 Å². The van der Waals surface area contributed by atoms with Gasteiger partial charge in [0.15, 0.2) is 0 Å². The van der Waals surface area contributed by atoms with Gasteiger partial charge in [-0.15, -0.1) is 11.8 Å². The van der Waals surface area contributed by atoms with Crippen LogP contribution in [-0.4, -0.2) is 61.9 Å². The van der Waals surface area contributed by atoms with Gasteiger partial charge < -0.3 is 19.5 Å². The molecule has 35 heavy (non-hydrogen) atoms. The normalized spacial score (nSPS) is 24.6. The van der Waals surface area contributed by atoms with Crippen molar-refractivity contribution in [1.29, 1.82) is 0 Å². The van der Waals surface area contributed by atoms with Gasteiger partial charge in [-0.1, -0.05) is 18.2 Å². The predicted octanol–water partition coefficient (Wildman–Crippen LogP) is 1.01. The first kappa shape index (κ1) is 27.2. The van der Waals surface area contributed by atoms with Gasteiger partial charge >= 0.3 is 19.4 Å². The maximum absolute atomic E-state index is 13.6. The molecule has 1 saturated heterocycles. The fourth-order valence-electron chi connectivity index (χ4n) is 3.23. The number of aromatic amines is 1. The molecule has 1 aliphatic heterocycles. The Kier molecular flexibility index (Phi) is 8.97. The summed E-state index contributed by atoms with van der Waals surface area (Å²) in [5, 5.41) is 21.8. The number of carbonyl (C=O) groups excluding carboxylic acids is 1. The number of ether oxygens (including phenoxy) is 1. The molecule has 1 aliphatic rings. The van der Waals surface area contributed by atoms with Crippen molar-refractivity contribution in [2.45, 2.75) is 55.7 Å². The Bertz CT molecular complexity index is 1170. The Labute approximate surface area is 205 Å². The standard InChI is InChI=1S/C21H28N3O9PS/c1-12(2)32-20(28)13(3)23-34(30,33-14-7-5-4-6-8-14)31-11-15-17(26)18(27)19(35-15)24-10-9-16(25)22-21(24)29/h4-10,12-13,15,17-19,26-27H,11H2,1-3H3,(H,23,30)(H,22,25,29)/t13?,15-,17-,18-,19-,34?/m1/s1. The third kappa shape index (κ3) is 7.06. The number of rotatable bonds is 10. The highest BCUT2D eigenvalue weighted by atomic mass is 32.2. The smallest absolute Gasteiger partial charge is 0.459 e. The molecule has 0 saturated carbocycles. The van der Waals surface area contributed by atoms with Gasteiger partial charge in [0.1, 0.15) is 23.3 Å². The van der Waals surface area contributed by atoms with Gasteiger partial charge in [-0.25, -0.2) is 9.36 Å². The number of hydrogen-bond donors (Lipinski definition) is 4. The third-order valence-electron chi connectivity index (χ3n) is 4.90. The van der Waals surface area contributed by atoms with Crippen molar-refractivity contribution in [2.75, 3.05) is 6.61 Å². The fraction of sp³-hybridized carbons (Fsp3) is 0.476. The van der Waals surface area contributed by atoms with E-state index >= 15 is 0 Å². The lowest BCUT2D eigenvalue weighted by Crippen LogP contribution is -2.38. The van der Waals surface area contributed by atoms with E-state index in [1.165, 1.54) is 13.1 Å². The highest BCUT2D eigenvalue weighted by Gasteiger charge is 2.45. The zero-order chi connectivity index (χ0) is 25.8. The van der Waals surface area contributed by atoms with Crippen LogP contribution in [0.1, 0.15) is 26.1 Å². The van der Waals surface area contributed by atoms with E-state index in [1.807, 2.05) is 0 Å². The zero-order valence-corrected chi connectivity index (χ0v) is 21.0. The van der Waals surface area contributed by atoms with E-state index in [0.29, 0.717) is 0 Å². The summed E-state index contributed by atoms with van der Waals surface area (Å²) in [4.78, 5) is 37.8. The number of esters is 1. The lowest BCUT2D eigenvalue weighted by atomic mass is 10.1. The molecule has 0 spiro atoms. The van der Waals surface area contributed by atoms with Gasteiger partial charge in [-0.05, 0) is 32.9 Å². The van der Waals surface area contributed by atoms with Gasteiger partial charge in [0.05, 0.1) is 24.1 Å². The minimum atomic E-state index is -4.17. The van der Waals surface area contributed by atoms with E-state index in [0.717, 1.165) is 22.4 Å². The Morgan fingerprint density at radius 3 is 2.49 bits per heavy atom. The van der Waals surface area contributed by atoms with Crippen LogP contribution >= 0.6 is 19.5 Å². The number of nitrogens with one attached hydrogen (secondary N) is 2. The van der Waals surface area contributed by atoms with Crippen molar-refractivity contribution < 1.29 is 33.4 Å². The number of aliphatic hydroxyl groups is 2. The van der Waals surface area contributed by atoms with Gasteiger partial charge in [0, 0.05) is 12.3 Å². The molecule has 1 fully saturated rings. The van der Waals surface area contributed by atoms with Crippen molar-refractivity contribution >= 4 is 25.5 Å². The SMILES string of the molecule is CC(C)OC(=O)C(C)NP(=O)(OC[C@H]1S[C@@H](n2ccc(=O)[nH]c2=O)[C@H](O)[C@@H]1O)Oc1ccccc1. The van der Waals surface area contributed by atoms with E-state index in [2.05, 4.69) is 10.1 Å². The van der Waals surface area contributed by atoms with Gasteiger partial charge in [-0.2, -0.15) is 5.09 Å². The summed E-state index contributed by atoms with van der Waals surface area (Å²) in [5.74, 6) is -0.450. The summed E-state index contributed by atoms with van der Waals surface area (Å²) in [7, 11) is -4.17. The molecular formula is C21H28N3O9PS. The second-order valence-electron chi connectivity index (χ2n) is 8.10. The third-order valence-corrected chi connectivity index (χ3v) is 8.09. The summed E-state index contributed by atoms with van der Waals surface area (Å²) in [5.41, 5.74) is -1.35. The Morgan fingerprint density at radius 1 is 1.17 bits per heavy atom. The predicted molar refractivity (Wildman–Crippen MR) is 128 cm³/mol. The van der Waals surface area contributed by atoms with E-state index in [1.54, 1.807) is 44.2 Å². The zero-order valence-electron chi connectivity index (χ0n) is 19.3. The average molecular weight is 530 g/mol. The first-order valence-electron chi connectivity index (χ1n) is 10.8. The Morgan fingerprint density at radius 2 is 1.86 bits per heavy atom. The molecule has 1 aromatic heterocycles. The lowest BCUT2D eigenvalue weighted by molar-refractivity contribution is -0.149. The largest absolute Gasteiger partial charge is 0.462 e. The molecule has 0 amide bonds. The topological polar surface area (TPSA) is 169 Å². The molecular weight excluding hydrogens is 501 g/mol. The number of carbonyl (C=O) groups is 1. The van der Waals surface area contributed by atoms with E-state index < -0.39 is 53.8 Å². The van der Waals surface area contributed by atoms with Crippen LogP contribution in [0.3, 0.4) is 0 Å². The van der Waals surface area contributed by atoms with Crippen LogP contribution in [0.25, 0.3) is 0 Å². The van der Waals surface area contributed by atoms with Gasteiger partial charge in [0.25, 0.3) is 5.56 Å². The molecule has 1 aromatic carbocycles. The number of nitrogens with zero attached hydrogens (tertiary/aromatic N) is 1. The van der Waals surface area contributed by atoms with E-state index in [4.69, 9.17) is 13.8 Å². The van der Waals surface area contributed by atoms with Crippen molar-refractivity contribution in [3.8, 4) is 5.75 Å². The molecule has 2 unspecified atom stereocenters. The van der Waals surface area contributed by atoms with Crippen LogP contribution in [0.15, 0.2) is 52.2 Å². The highest BCUT2D eigenvalue weighted by Crippen LogP contribution is 2.48. The minimum absolute atomic E-state index is 0.213. The molecule has 192 valence electrons. The van der Waals surface area contributed by atoms with Crippen LogP contribution in [-0.2, 0) is 18.6 Å². The van der Waals surface area contributed by atoms with Crippen LogP contribution < -0.4 is 20.9 Å². The molecule has 3 rings (SSSR count). The number of H-pyrrole nitrogens is 1. The van der Waals surface area contributed by atoms with E-state index in [9.17, 15) is 29.2 Å². The molecule has 2 heterocycles. The maximum Gasteiger partial charge on any atom is 0.459 e. The minimum Gasteiger partial charge on any atom is -0.462 e. The number of benzene rings is 1. The second-order valence-corrected chi connectivity index (χ2v) is 11.2. The molecule has 6 atom stereocenters. The van der Waals surface area contributed by atoms with Crippen LogP contribution in [0, 0.1) is 0 Å². The Balaban J connectivity index is 1.75. The number of hydrogen-bond acceptors (Lipinski definition) is 10. The first-order chi connectivity index (χ1) is 16.5. The Hall–Kier alpha value is -2.41. The lowest BCUT2D eigenvalue weighted by Gasteiger charge is -2.25. The molecule has 12 nitrogen and oxygen atoms in total. The summed E-state index contributed by atoms with van der Waals surface area (Å²) in [6.07, 6.45) is -1.90. The summed E-state index contributed by atoms with van der Waals surface area (Å²) in [6, 6.07) is 8.23. The van der Waals surface area contributed by atoms with Crippen LogP contribution in [0.5, 0.6) is 5.75 Å². The average Bonchev–Trinajstić information content (AvgIpc) is 3.06. The van der Waals surface area contributed by atoms with Crippen molar-refractivity contribution in [2.24, 2.45) is 0 Å². The van der Waals surface area contributed by atoms with Gasteiger partial charge in [0.2, 0.25) is 0 Å². The number of para-hydroxylation sites is 1. The summed E-state index contributed by atoms with van der Waals surface area (Å²) in [6.45, 7) is 4.43. The molecule has 4 N–H and O–H groups in total. The monoisotopic (exact) mass is 529 g/mol. The van der Waals surface area contributed by atoms with E-state index in [-0.39, 0.29) is 18.5 Å².